The number of carbonyl (C=O) groups is 1. The van der Waals surface area contributed by atoms with Crippen LogP contribution in [0.15, 0.2) is 0 Å². The molecule has 0 aromatic rings. The highest BCUT2D eigenvalue weighted by molar-refractivity contribution is 8.11. The Morgan fingerprint density at radius 3 is 2.50 bits per heavy atom. The van der Waals surface area contributed by atoms with Crippen molar-refractivity contribution < 1.29 is 9.90 Å². The van der Waals surface area contributed by atoms with Gasteiger partial charge in [0.1, 0.15) is 6.23 Å². The molecule has 0 spiro atoms. The molecule has 0 aliphatic heterocycles. The standard InChI is InChI=1S/C4H9NO2S/c1-3(6)5-8-4(2)7/h3,5-6H,1-2H3. The number of rotatable bonds is 2. The van der Waals surface area contributed by atoms with Gasteiger partial charge in [0.25, 0.3) is 0 Å². The molecule has 0 radical (unpaired) electrons. The molecule has 0 aliphatic rings. The van der Waals surface area contributed by atoms with E-state index < -0.39 is 6.23 Å². The number of hydrogen-bond donors (Lipinski definition) is 2. The first kappa shape index (κ1) is 7.94. The van der Waals surface area contributed by atoms with Crippen molar-refractivity contribution in [3.8, 4) is 0 Å². The molecule has 0 aromatic carbocycles. The summed E-state index contributed by atoms with van der Waals surface area (Å²) in [7, 11) is 0. The van der Waals surface area contributed by atoms with Gasteiger partial charge < -0.3 is 5.11 Å². The first-order valence-corrected chi connectivity index (χ1v) is 3.05. The molecule has 0 amide bonds. The first-order valence-electron chi connectivity index (χ1n) is 2.24. The zero-order valence-corrected chi connectivity index (χ0v) is 5.66. The van der Waals surface area contributed by atoms with E-state index in [-0.39, 0.29) is 5.12 Å². The van der Waals surface area contributed by atoms with Crippen molar-refractivity contribution in [1.29, 1.82) is 0 Å². The molecule has 0 heterocycles. The lowest BCUT2D eigenvalue weighted by Crippen LogP contribution is -2.18. The molecule has 0 aromatic heterocycles. The second-order valence-electron chi connectivity index (χ2n) is 1.39. The van der Waals surface area contributed by atoms with Gasteiger partial charge in [-0.1, -0.05) is 0 Å². The third-order valence-corrected chi connectivity index (χ3v) is 1.12. The van der Waals surface area contributed by atoms with E-state index in [9.17, 15) is 4.79 Å². The normalized spacial score (nSPS) is 13.4. The molecule has 0 bridgehead atoms. The lowest BCUT2D eigenvalue weighted by Gasteiger charge is -2.00. The summed E-state index contributed by atoms with van der Waals surface area (Å²) >= 11 is 0.900. The highest BCUT2D eigenvalue weighted by atomic mass is 32.2. The van der Waals surface area contributed by atoms with Crippen molar-refractivity contribution in [2.45, 2.75) is 20.1 Å². The van der Waals surface area contributed by atoms with Gasteiger partial charge in [-0.15, -0.1) is 0 Å². The molecule has 0 saturated heterocycles. The zero-order chi connectivity index (χ0) is 6.57. The predicted molar refractivity (Wildman–Crippen MR) is 33.1 cm³/mol. The minimum atomic E-state index is -0.621. The summed E-state index contributed by atoms with van der Waals surface area (Å²) in [6.07, 6.45) is -0.621. The molecule has 0 saturated carbocycles. The largest absolute Gasteiger partial charge is 0.378 e. The quantitative estimate of drug-likeness (QED) is 0.417. The Balaban J connectivity index is 3.05. The van der Waals surface area contributed by atoms with Crippen molar-refractivity contribution >= 4 is 17.1 Å². The molecule has 0 fully saturated rings. The average Bonchev–Trinajstić information content (AvgIpc) is 1.61. The third-order valence-electron chi connectivity index (χ3n) is 0.373. The van der Waals surface area contributed by atoms with Crippen molar-refractivity contribution in [3.63, 3.8) is 0 Å². The van der Waals surface area contributed by atoms with Crippen LogP contribution in [0, 0.1) is 0 Å². The van der Waals surface area contributed by atoms with E-state index in [0.717, 1.165) is 11.9 Å². The van der Waals surface area contributed by atoms with Gasteiger partial charge in [-0.2, -0.15) is 0 Å². The number of aliphatic hydroxyl groups excluding tert-OH is 1. The molecule has 3 nitrogen and oxygen atoms in total. The summed E-state index contributed by atoms with van der Waals surface area (Å²) in [5, 5.41) is 8.47. The van der Waals surface area contributed by atoms with Crippen molar-refractivity contribution in [2.75, 3.05) is 0 Å². The highest BCUT2D eigenvalue weighted by Gasteiger charge is 1.95. The summed E-state index contributed by atoms with van der Waals surface area (Å²) in [4.78, 5) is 10.1. The number of nitrogens with one attached hydrogen (secondary N) is 1. The van der Waals surface area contributed by atoms with E-state index in [1.165, 1.54) is 6.92 Å². The summed E-state index contributed by atoms with van der Waals surface area (Å²) in [6, 6.07) is 0. The van der Waals surface area contributed by atoms with E-state index in [1.54, 1.807) is 6.92 Å². The van der Waals surface area contributed by atoms with Gasteiger partial charge in [-0.3, -0.25) is 4.79 Å². The molecule has 4 heteroatoms. The van der Waals surface area contributed by atoms with Crippen LogP contribution in [0.5, 0.6) is 0 Å². The van der Waals surface area contributed by atoms with Crippen LogP contribution in [0.1, 0.15) is 13.8 Å². The van der Waals surface area contributed by atoms with Gasteiger partial charge >= 0.3 is 0 Å². The Labute approximate surface area is 52.6 Å². The third kappa shape index (κ3) is 5.94. The Morgan fingerprint density at radius 2 is 2.38 bits per heavy atom. The van der Waals surface area contributed by atoms with Crippen LogP contribution < -0.4 is 4.72 Å². The molecule has 1 atom stereocenters. The second-order valence-corrected chi connectivity index (χ2v) is 2.40. The molecular formula is C4H9NO2S. The van der Waals surface area contributed by atoms with Crippen LogP contribution >= 0.6 is 11.9 Å². The Kier molecular flexibility index (Phi) is 3.85. The lowest BCUT2D eigenvalue weighted by molar-refractivity contribution is -0.109. The lowest BCUT2D eigenvalue weighted by atomic mass is 10.7. The van der Waals surface area contributed by atoms with E-state index in [2.05, 4.69) is 4.72 Å². The highest BCUT2D eigenvalue weighted by Crippen LogP contribution is 1.93. The van der Waals surface area contributed by atoms with Gasteiger partial charge in [0, 0.05) is 6.92 Å². The molecule has 1 unspecified atom stereocenters. The molecule has 0 rings (SSSR count). The smallest absolute Gasteiger partial charge is 0.200 e. The molecule has 8 heavy (non-hydrogen) atoms. The monoisotopic (exact) mass is 135 g/mol. The fourth-order valence-electron chi connectivity index (χ4n) is 0.168. The van der Waals surface area contributed by atoms with E-state index in [1.807, 2.05) is 0 Å². The minimum absolute atomic E-state index is 0.0501. The van der Waals surface area contributed by atoms with Crippen LogP contribution in [-0.4, -0.2) is 16.4 Å². The molecule has 2 N–H and O–H groups in total. The Bertz CT molecular complexity index is 84.1. The predicted octanol–water partition coefficient (Wildman–Crippen LogP) is 0.109. The summed E-state index contributed by atoms with van der Waals surface area (Å²) in [5.41, 5.74) is 0. The SMILES string of the molecule is CC(=O)SNC(C)O. The Morgan fingerprint density at radius 1 is 1.88 bits per heavy atom. The maximum Gasteiger partial charge on any atom is 0.200 e. The summed E-state index contributed by atoms with van der Waals surface area (Å²) < 4.78 is 2.47. The topological polar surface area (TPSA) is 49.3 Å². The average molecular weight is 135 g/mol. The first-order chi connectivity index (χ1) is 3.63. The second kappa shape index (κ2) is 3.88. The van der Waals surface area contributed by atoms with Gasteiger partial charge in [0.2, 0.25) is 5.12 Å². The number of aliphatic hydroxyl groups is 1. The van der Waals surface area contributed by atoms with Crippen molar-refractivity contribution in [2.24, 2.45) is 0 Å². The minimum Gasteiger partial charge on any atom is -0.378 e. The number of carbonyl (C=O) groups excluding carboxylic acids is 1. The zero-order valence-electron chi connectivity index (χ0n) is 4.84. The van der Waals surface area contributed by atoms with Crippen molar-refractivity contribution in [3.05, 3.63) is 0 Å². The van der Waals surface area contributed by atoms with Crippen LogP contribution in [0.25, 0.3) is 0 Å². The van der Waals surface area contributed by atoms with Crippen LogP contribution in [-0.2, 0) is 4.79 Å². The molecular weight excluding hydrogens is 126 g/mol. The van der Waals surface area contributed by atoms with E-state index in [0.29, 0.717) is 0 Å². The molecule has 48 valence electrons. The van der Waals surface area contributed by atoms with Gasteiger partial charge in [0.05, 0.1) is 0 Å². The van der Waals surface area contributed by atoms with Gasteiger partial charge in [-0.25, -0.2) is 4.72 Å². The van der Waals surface area contributed by atoms with Crippen LogP contribution in [0.2, 0.25) is 0 Å². The van der Waals surface area contributed by atoms with Crippen LogP contribution in [0.3, 0.4) is 0 Å². The summed E-state index contributed by atoms with van der Waals surface area (Å²) in [6.45, 7) is 2.98. The maximum atomic E-state index is 10.1. The number of hydrogen-bond acceptors (Lipinski definition) is 4. The van der Waals surface area contributed by atoms with Crippen molar-refractivity contribution in [1.82, 2.24) is 4.72 Å². The van der Waals surface area contributed by atoms with Gasteiger partial charge in [-0.05, 0) is 18.9 Å². The van der Waals surface area contributed by atoms with E-state index in [4.69, 9.17) is 5.11 Å². The van der Waals surface area contributed by atoms with Gasteiger partial charge in [0.15, 0.2) is 0 Å². The van der Waals surface area contributed by atoms with Crippen LogP contribution in [0.4, 0.5) is 0 Å². The summed E-state index contributed by atoms with van der Waals surface area (Å²) in [5.74, 6) is 0. The molecule has 0 aliphatic carbocycles. The fourth-order valence-corrected chi connectivity index (χ4v) is 0.505. The van der Waals surface area contributed by atoms with E-state index >= 15 is 0 Å². The Hall–Kier alpha value is -0.0600. The fraction of sp³-hybridized carbons (Fsp3) is 0.750. The maximum absolute atomic E-state index is 10.1.